The zero-order valence-electron chi connectivity index (χ0n) is 13.1. The van der Waals surface area contributed by atoms with E-state index in [4.69, 9.17) is 11.6 Å². The molecule has 0 aromatic carbocycles. The number of amides is 1. The highest BCUT2D eigenvalue weighted by atomic mass is 35.5. The van der Waals surface area contributed by atoms with Crippen LogP contribution >= 0.6 is 22.9 Å². The van der Waals surface area contributed by atoms with Gasteiger partial charge < -0.3 is 5.32 Å². The number of rotatable bonds is 7. The monoisotopic (exact) mass is 379 g/mol. The zero-order chi connectivity index (χ0) is 16.9. The van der Waals surface area contributed by atoms with Crippen molar-refractivity contribution in [3.05, 3.63) is 16.5 Å². The molecule has 1 saturated heterocycles. The molecule has 23 heavy (non-hydrogen) atoms. The molecule has 1 aromatic heterocycles. The van der Waals surface area contributed by atoms with Crippen LogP contribution in [0.3, 0.4) is 0 Å². The first kappa shape index (κ1) is 18.7. The van der Waals surface area contributed by atoms with Gasteiger partial charge in [-0.25, -0.2) is 8.42 Å². The van der Waals surface area contributed by atoms with E-state index in [2.05, 4.69) is 12.2 Å². The highest BCUT2D eigenvalue weighted by molar-refractivity contribution is 7.91. The average Bonchev–Trinajstić information content (AvgIpc) is 2.95. The number of sulfonamides is 1. The fourth-order valence-electron chi connectivity index (χ4n) is 2.36. The molecule has 0 spiro atoms. The Kier molecular flexibility index (Phi) is 6.84. The minimum Gasteiger partial charge on any atom is -0.355 e. The second-order valence-electron chi connectivity index (χ2n) is 5.44. The number of nitrogens with zero attached hydrogens (tertiary/aromatic N) is 2. The fraction of sp³-hybridized carbons (Fsp3) is 0.643. The molecule has 130 valence electrons. The van der Waals surface area contributed by atoms with E-state index in [1.54, 1.807) is 6.07 Å². The summed E-state index contributed by atoms with van der Waals surface area (Å²) in [6.45, 7) is 4.98. The van der Waals surface area contributed by atoms with E-state index in [1.165, 1.54) is 10.4 Å². The SMILES string of the molecule is CCCCNC(=O)CN1CCN(S(=O)(=O)c2ccc(Cl)s2)CC1. The summed E-state index contributed by atoms with van der Waals surface area (Å²) < 4.78 is 27.2. The van der Waals surface area contributed by atoms with Gasteiger partial charge >= 0.3 is 0 Å². The van der Waals surface area contributed by atoms with Crippen molar-refractivity contribution >= 4 is 38.9 Å². The fourth-order valence-corrected chi connectivity index (χ4v) is 5.41. The topological polar surface area (TPSA) is 69.7 Å². The number of nitrogens with one attached hydrogen (secondary N) is 1. The van der Waals surface area contributed by atoms with Gasteiger partial charge in [-0.3, -0.25) is 9.69 Å². The minimum atomic E-state index is -3.47. The van der Waals surface area contributed by atoms with Gasteiger partial charge in [0.1, 0.15) is 4.21 Å². The van der Waals surface area contributed by atoms with E-state index in [1.807, 2.05) is 4.90 Å². The molecule has 9 heteroatoms. The first-order valence-corrected chi connectivity index (χ1v) is 10.3. The summed E-state index contributed by atoms with van der Waals surface area (Å²) in [7, 11) is -3.47. The number of carbonyl (C=O) groups excluding carboxylic acids is 1. The predicted molar refractivity (Wildman–Crippen MR) is 92.4 cm³/mol. The molecule has 1 aromatic rings. The van der Waals surface area contributed by atoms with Crippen LogP contribution in [0.4, 0.5) is 0 Å². The molecule has 1 aliphatic heterocycles. The van der Waals surface area contributed by atoms with E-state index in [-0.39, 0.29) is 10.1 Å². The molecule has 0 unspecified atom stereocenters. The van der Waals surface area contributed by atoms with Crippen LogP contribution in [0.5, 0.6) is 0 Å². The van der Waals surface area contributed by atoms with Crippen LogP contribution in [0, 0.1) is 0 Å². The Hall–Kier alpha value is -0.670. The third-order valence-electron chi connectivity index (χ3n) is 3.69. The molecule has 2 rings (SSSR count). The predicted octanol–water partition coefficient (Wildman–Crippen LogP) is 1.62. The van der Waals surface area contributed by atoms with Crippen LogP contribution in [0.25, 0.3) is 0 Å². The lowest BCUT2D eigenvalue weighted by atomic mass is 10.3. The largest absolute Gasteiger partial charge is 0.355 e. The highest BCUT2D eigenvalue weighted by Crippen LogP contribution is 2.28. The van der Waals surface area contributed by atoms with E-state index in [9.17, 15) is 13.2 Å². The molecule has 0 saturated carbocycles. The Morgan fingerprint density at radius 2 is 2.00 bits per heavy atom. The Balaban J connectivity index is 1.83. The maximum atomic E-state index is 12.5. The summed E-state index contributed by atoms with van der Waals surface area (Å²) >= 11 is 6.89. The molecule has 2 heterocycles. The van der Waals surface area contributed by atoms with Crippen molar-refractivity contribution < 1.29 is 13.2 Å². The van der Waals surface area contributed by atoms with Crippen molar-refractivity contribution in [2.45, 2.75) is 24.0 Å². The summed E-state index contributed by atoms with van der Waals surface area (Å²) in [6.07, 6.45) is 2.02. The van der Waals surface area contributed by atoms with E-state index < -0.39 is 10.0 Å². The van der Waals surface area contributed by atoms with Crippen molar-refractivity contribution in [2.75, 3.05) is 39.3 Å². The molecule has 1 aliphatic rings. The van der Waals surface area contributed by atoms with Crippen LogP contribution in [0.15, 0.2) is 16.3 Å². The molecule has 1 N–H and O–H groups in total. The van der Waals surface area contributed by atoms with Gasteiger partial charge in [0.15, 0.2) is 0 Å². The van der Waals surface area contributed by atoms with Gasteiger partial charge in [0.25, 0.3) is 10.0 Å². The molecule has 6 nitrogen and oxygen atoms in total. The number of thiophene rings is 1. The maximum absolute atomic E-state index is 12.5. The summed E-state index contributed by atoms with van der Waals surface area (Å²) in [4.78, 5) is 13.8. The Morgan fingerprint density at radius 3 is 2.57 bits per heavy atom. The zero-order valence-corrected chi connectivity index (χ0v) is 15.5. The average molecular weight is 380 g/mol. The molecule has 0 bridgehead atoms. The molecule has 0 atom stereocenters. The molecule has 0 aliphatic carbocycles. The molecular weight excluding hydrogens is 358 g/mol. The summed E-state index contributed by atoms with van der Waals surface area (Å²) in [5, 5.41) is 2.88. The van der Waals surface area contributed by atoms with Crippen LogP contribution in [-0.4, -0.2) is 62.8 Å². The van der Waals surface area contributed by atoms with Crippen LogP contribution in [0.2, 0.25) is 4.34 Å². The van der Waals surface area contributed by atoms with Crippen molar-refractivity contribution in [2.24, 2.45) is 0 Å². The number of piperazine rings is 1. The molecule has 1 fully saturated rings. The lowest BCUT2D eigenvalue weighted by Gasteiger charge is -2.33. The van der Waals surface area contributed by atoms with Gasteiger partial charge in [0, 0.05) is 32.7 Å². The standard InChI is InChI=1S/C14H22ClN3O3S2/c1-2-3-6-16-13(19)11-17-7-9-18(10-8-17)23(20,21)14-5-4-12(15)22-14/h4-5H,2-3,6-11H2,1H3,(H,16,19). The Labute approximate surface area is 146 Å². The van der Waals surface area contributed by atoms with Crippen molar-refractivity contribution in [1.29, 1.82) is 0 Å². The summed E-state index contributed by atoms with van der Waals surface area (Å²) in [5.74, 6) is -0.000189. The number of unbranched alkanes of at least 4 members (excludes halogenated alkanes) is 1. The second-order valence-corrected chi connectivity index (χ2v) is 9.32. The van der Waals surface area contributed by atoms with Crippen molar-refractivity contribution in [3.8, 4) is 0 Å². The third kappa shape index (κ3) is 5.15. The quantitative estimate of drug-likeness (QED) is 0.731. The molecular formula is C14H22ClN3O3S2. The van der Waals surface area contributed by atoms with Crippen LogP contribution in [0.1, 0.15) is 19.8 Å². The lowest BCUT2D eigenvalue weighted by Crippen LogP contribution is -2.50. The smallest absolute Gasteiger partial charge is 0.252 e. The van der Waals surface area contributed by atoms with Gasteiger partial charge in [0.05, 0.1) is 10.9 Å². The third-order valence-corrected chi connectivity index (χ3v) is 7.29. The minimum absolute atomic E-state index is 0.000189. The Morgan fingerprint density at radius 1 is 1.30 bits per heavy atom. The first-order chi connectivity index (χ1) is 10.9. The van der Waals surface area contributed by atoms with Gasteiger partial charge in [-0.2, -0.15) is 4.31 Å². The maximum Gasteiger partial charge on any atom is 0.252 e. The number of hydrogen-bond acceptors (Lipinski definition) is 5. The highest BCUT2D eigenvalue weighted by Gasteiger charge is 2.30. The lowest BCUT2D eigenvalue weighted by molar-refractivity contribution is -0.122. The number of carbonyl (C=O) groups is 1. The normalized spacial score (nSPS) is 17.3. The number of hydrogen-bond donors (Lipinski definition) is 1. The Bertz CT molecular complexity index is 625. The summed E-state index contributed by atoms with van der Waals surface area (Å²) in [6, 6.07) is 3.13. The first-order valence-electron chi connectivity index (χ1n) is 7.68. The number of halogens is 1. The van der Waals surface area contributed by atoms with Crippen LogP contribution in [-0.2, 0) is 14.8 Å². The second kappa shape index (κ2) is 8.43. The van der Waals surface area contributed by atoms with Crippen molar-refractivity contribution in [3.63, 3.8) is 0 Å². The van der Waals surface area contributed by atoms with Gasteiger partial charge in [-0.15, -0.1) is 11.3 Å². The van der Waals surface area contributed by atoms with Crippen molar-refractivity contribution in [1.82, 2.24) is 14.5 Å². The molecule has 1 amide bonds. The van der Waals surface area contributed by atoms with E-state index in [0.717, 1.165) is 24.2 Å². The molecule has 0 radical (unpaired) electrons. The van der Waals surface area contributed by atoms with Crippen LogP contribution < -0.4 is 5.32 Å². The summed E-state index contributed by atoms with van der Waals surface area (Å²) in [5.41, 5.74) is 0. The van der Waals surface area contributed by atoms with Gasteiger partial charge in [0.2, 0.25) is 5.91 Å². The van der Waals surface area contributed by atoms with Gasteiger partial charge in [-0.05, 0) is 18.6 Å². The van der Waals surface area contributed by atoms with E-state index in [0.29, 0.717) is 43.6 Å². The van der Waals surface area contributed by atoms with E-state index >= 15 is 0 Å². The van der Waals surface area contributed by atoms with Gasteiger partial charge in [-0.1, -0.05) is 24.9 Å².